The lowest BCUT2D eigenvalue weighted by molar-refractivity contribution is -0.384. The molecule has 1 atom stereocenters. The molecular formula is C21H24FN3O5. The van der Waals surface area contributed by atoms with Gasteiger partial charge in [0.2, 0.25) is 5.91 Å². The highest BCUT2D eigenvalue weighted by atomic mass is 19.1. The first-order valence-corrected chi connectivity index (χ1v) is 9.65. The maximum Gasteiger partial charge on any atom is 0.273 e. The van der Waals surface area contributed by atoms with Crippen LogP contribution in [0.1, 0.15) is 18.4 Å². The predicted molar refractivity (Wildman–Crippen MR) is 109 cm³/mol. The fourth-order valence-corrected chi connectivity index (χ4v) is 3.44. The summed E-state index contributed by atoms with van der Waals surface area (Å²) in [4.78, 5) is 25.0. The first-order chi connectivity index (χ1) is 14.4. The van der Waals surface area contributed by atoms with Gasteiger partial charge < -0.3 is 14.8 Å². The molecule has 0 bridgehead atoms. The van der Waals surface area contributed by atoms with Crippen LogP contribution in [-0.4, -0.2) is 48.6 Å². The minimum atomic E-state index is -0.531. The lowest BCUT2D eigenvalue weighted by Gasteiger charge is -2.25. The number of nitro groups is 1. The summed E-state index contributed by atoms with van der Waals surface area (Å²) >= 11 is 0. The van der Waals surface area contributed by atoms with Gasteiger partial charge in [-0.1, -0.05) is 12.1 Å². The molecule has 3 rings (SSSR count). The Morgan fingerprint density at radius 1 is 1.37 bits per heavy atom. The van der Waals surface area contributed by atoms with E-state index in [1.807, 2.05) is 11.0 Å². The van der Waals surface area contributed by atoms with Gasteiger partial charge in [-0.3, -0.25) is 19.8 Å². The topological polar surface area (TPSA) is 93.9 Å². The van der Waals surface area contributed by atoms with Crippen molar-refractivity contribution in [2.24, 2.45) is 0 Å². The van der Waals surface area contributed by atoms with E-state index in [0.717, 1.165) is 18.4 Å². The van der Waals surface area contributed by atoms with Crippen LogP contribution in [0.2, 0.25) is 0 Å². The highest BCUT2D eigenvalue weighted by molar-refractivity contribution is 5.93. The van der Waals surface area contributed by atoms with E-state index >= 15 is 0 Å². The van der Waals surface area contributed by atoms with E-state index in [-0.39, 0.29) is 35.8 Å². The number of amides is 1. The van der Waals surface area contributed by atoms with Crippen LogP contribution >= 0.6 is 0 Å². The van der Waals surface area contributed by atoms with Crippen molar-refractivity contribution in [1.29, 1.82) is 0 Å². The van der Waals surface area contributed by atoms with E-state index in [2.05, 4.69) is 5.32 Å². The van der Waals surface area contributed by atoms with Crippen molar-refractivity contribution in [1.82, 2.24) is 4.90 Å². The molecule has 1 aliphatic heterocycles. The Morgan fingerprint density at radius 2 is 2.20 bits per heavy atom. The first-order valence-electron chi connectivity index (χ1n) is 9.65. The number of nitro benzene ring substituents is 1. The summed E-state index contributed by atoms with van der Waals surface area (Å²) in [5, 5.41) is 13.7. The van der Waals surface area contributed by atoms with Crippen molar-refractivity contribution in [2.75, 3.05) is 32.1 Å². The fraction of sp³-hybridized carbons (Fsp3) is 0.381. The van der Waals surface area contributed by atoms with Crippen molar-refractivity contribution in [3.05, 3.63) is 64.0 Å². The Labute approximate surface area is 173 Å². The molecule has 0 spiro atoms. The van der Waals surface area contributed by atoms with Gasteiger partial charge in [-0.25, -0.2) is 4.39 Å². The standard InChI is InChI=1S/C21H24FN3O5/c1-29-20-11-17(25(27)28)7-8-19(20)23-21(26)14-24(13-18-6-3-9-30-18)12-15-4-2-5-16(22)10-15/h2,4-5,7-8,10-11,18H,3,6,9,12-14H2,1H3,(H,23,26). The van der Waals surface area contributed by atoms with Gasteiger partial charge in [0.25, 0.3) is 5.69 Å². The predicted octanol–water partition coefficient (Wildman–Crippen LogP) is 3.36. The van der Waals surface area contributed by atoms with Crippen molar-refractivity contribution < 1.29 is 23.6 Å². The molecule has 9 heteroatoms. The SMILES string of the molecule is COc1cc([N+](=O)[O-])ccc1NC(=O)CN(Cc1cccc(F)c1)CC1CCCO1. The van der Waals surface area contributed by atoms with Gasteiger partial charge in [-0.2, -0.15) is 0 Å². The smallest absolute Gasteiger partial charge is 0.273 e. The van der Waals surface area contributed by atoms with E-state index in [9.17, 15) is 19.3 Å². The number of nitrogens with zero attached hydrogens (tertiary/aromatic N) is 2. The molecule has 2 aromatic rings. The average molecular weight is 417 g/mol. The van der Waals surface area contributed by atoms with Crippen molar-refractivity contribution in [3.63, 3.8) is 0 Å². The lowest BCUT2D eigenvalue weighted by Crippen LogP contribution is -2.38. The zero-order chi connectivity index (χ0) is 21.5. The molecule has 1 fully saturated rings. The molecule has 1 saturated heterocycles. The molecular weight excluding hydrogens is 393 g/mol. The minimum Gasteiger partial charge on any atom is -0.494 e. The molecule has 1 N–H and O–H groups in total. The van der Waals surface area contributed by atoms with Crippen LogP contribution in [0.5, 0.6) is 5.75 Å². The number of methoxy groups -OCH3 is 1. The number of ether oxygens (including phenoxy) is 2. The molecule has 160 valence electrons. The molecule has 30 heavy (non-hydrogen) atoms. The summed E-state index contributed by atoms with van der Waals surface area (Å²) in [7, 11) is 1.38. The maximum atomic E-state index is 13.6. The van der Waals surface area contributed by atoms with Crippen LogP contribution in [0.15, 0.2) is 42.5 Å². The van der Waals surface area contributed by atoms with Crippen LogP contribution in [0.25, 0.3) is 0 Å². The zero-order valence-corrected chi connectivity index (χ0v) is 16.7. The van der Waals surface area contributed by atoms with E-state index in [1.54, 1.807) is 6.07 Å². The molecule has 0 radical (unpaired) electrons. The third kappa shape index (κ3) is 5.98. The van der Waals surface area contributed by atoms with E-state index in [0.29, 0.717) is 25.4 Å². The number of rotatable bonds is 9. The van der Waals surface area contributed by atoms with E-state index in [4.69, 9.17) is 9.47 Å². The first kappa shape index (κ1) is 21.7. The summed E-state index contributed by atoms with van der Waals surface area (Å²) in [6.07, 6.45) is 1.92. The Hall–Kier alpha value is -3.04. The van der Waals surface area contributed by atoms with Crippen molar-refractivity contribution >= 4 is 17.3 Å². The fourth-order valence-electron chi connectivity index (χ4n) is 3.44. The van der Waals surface area contributed by atoms with Crippen LogP contribution in [0, 0.1) is 15.9 Å². The Kier molecular flexibility index (Phi) is 7.31. The summed E-state index contributed by atoms with van der Waals surface area (Å²) in [6.45, 7) is 1.69. The maximum absolute atomic E-state index is 13.6. The molecule has 1 amide bonds. The summed E-state index contributed by atoms with van der Waals surface area (Å²) in [5.74, 6) is -0.436. The quantitative estimate of drug-likeness (QED) is 0.497. The second-order valence-electron chi connectivity index (χ2n) is 7.12. The molecule has 0 saturated carbocycles. The van der Waals surface area contributed by atoms with Crippen molar-refractivity contribution in [2.45, 2.75) is 25.5 Å². The number of hydrogen-bond donors (Lipinski definition) is 1. The molecule has 8 nitrogen and oxygen atoms in total. The molecule has 1 aliphatic rings. The van der Waals surface area contributed by atoms with Gasteiger partial charge in [0.15, 0.2) is 0 Å². The van der Waals surface area contributed by atoms with Crippen molar-refractivity contribution in [3.8, 4) is 5.75 Å². The molecule has 0 aromatic heterocycles. The molecule has 1 unspecified atom stereocenters. The largest absolute Gasteiger partial charge is 0.494 e. The van der Waals surface area contributed by atoms with Gasteiger partial charge in [0.05, 0.1) is 36.4 Å². The second-order valence-corrected chi connectivity index (χ2v) is 7.12. The van der Waals surface area contributed by atoms with Crippen LogP contribution in [0.3, 0.4) is 0 Å². The minimum absolute atomic E-state index is 0.0280. The average Bonchev–Trinajstić information content (AvgIpc) is 3.21. The highest BCUT2D eigenvalue weighted by Gasteiger charge is 2.22. The number of benzene rings is 2. The number of nitrogens with one attached hydrogen (secondary N) is 1. The van der Waals surface area contributed by atoms with Gasteiger partial charge in [-0.05, 0) is 36.6 Å². The molecule has 1 heterocycles. The molecule has 2 aromatic carbocycles. The lowest BCUT2D eigenvalue weighted by atomic mass is 10.1. The van der Waals surface area contributed by atoms with E-state index < -0.39 is 4.92 Å². The Bertz CT molecular complexity index is 902. The van der Waals surface area contributed by atoms with Crippen LogP contribution in [0.4, 0.5) is 15.8 Å². The molecule has 0 aliphatic carbocycles. The Balaban J connectivity index is 1.69. The second kappa shape index (κ2) is 10.1. The summed E-state index contributed by atoms with van der Waals surface area (Å²) in [6, 6.07) is 10.3. The number of carbonyl (C=O) groups is 1. The number of carbonyl (C=O) groups excluding carboxylic acids is 1. The number of non-ortho nitro benzene ring substituents is 1. The number of halogens is 1. The van der Waals surface area contributed by atoms with Gasteiger partial charge >= 0.3 is 0 Å². The van der Waals surface area contributed by atoms with Crippen LogP contribution in [-0.2, 0) is 16.1 Å². The highest BCUT2D eigenvalue weighted by Crippen LogP contribution is 2.29. The normalized spacial score (nSPS) is 15.9. The van der Waals surface area contributed by atoms with E-state index in [1.165, 1.54) is 37.4 Å². The Morgan fingerprint density at radius 3 is 2.87 bits per heavy atom. The third-order valence-electron chi connectivity index (χ3n) is 4.82. The summed E-state index contributed by atoms with van der Waals surface area (Å²) < 4.78 is 24.4. The summed E-state index contributed by atoms with van der Waals surface area (Å²) in [5.41, 5.74) is 0.973. The zero-order valence-electron chi connectivity index (χ0n) is 16.7. The van der Waals surface area contributed by atoms with Gasteiger partial charge in [0.1, 0.15) is 11.6 Å². The van der Waals surface area contributed by atoms with Gasteiger partial charge in [0, 0.05) is 25.8 Å². The van der Waals surface area contributed by atoms with Crippen LogP contribution < -0.4 is 10.1 Å². The monoisotopic (exact) mass is 417 g/mol. The number of anilines is 1. The third-order valence-corrected chi connectivity index (χ3v) is 4.82. The van der Waals surface area contributed by atoms with Gasteiger partial charge in [-0.15, -0.1) is 0 Å². The number of hydrogen-bond acceptors (Lipinski definition) is 6.